The summed E-state index contributed by atoms with van der Waals surface area (Å²) in [6, 6.07) is 1.20. The monoisotopic (exact) mass is 291 g/mol. The van der Waals surface area contributed by atoms with Crippen LogP contribution in [0.4, 0.5) is 8.78 Å². The Hall–Kier alpha value is -1.54. The number of nitrogens with one attached hydrogen (secondary N) is 2. The summed E-state index contributed by atoms with van der Waals surface area (Å²) in [7, 11) is -4.27. The summed E-state index contributed by atoms with van der Waals surface area (Å²) in [5, 5.41) is 7.28. The van der Waals surface area contributed by atoms with E-state index in [0.717, 1.165) is 12.1 Å². The van der Waals surface area contributed by atoms with Crippen molar-refractivity contribution in [1.29, 1.82) is 5.41 Å². The molecule has 0 fully saturated rings. The largest absolute Gasteiger partial charge is 0.386 e. The maximum absolute atomic E-state index is 13.4. The van der Waals surface area contributed by atoms with E-state index in [1.807, 2.05) is 0 Å². The van der Waals surface area contributed by atoms with Gasteiger partial charge in [0.2, 0.25) is 10.0 Å². The van der Waals surface area contributed by atoms with Crippen LogP contribution < -0.4 is 10.5 Å². The Balaban J connectivity index is 3.10. The molecule has 0 aromatic heterocycles. The highest BCUT2D eigenvalue weighted by Crippen LogP contribution is 2.16. The van der Waals surface area contributed by atoms with E-state index < -0.39 is 32.6 Å². The first-order valence-electron chi connectivity index (χ1n) is 5.59. The Labute approximate surface area is 110 Å². The van der Waals surface area contributed by atoms with E-state index in [9.17, 15) is 17.2 Å². The molecule has 0 heterocycles. The Bertz CT molecular complexity index is 575. The summed E-state index contributed by atoms with van der Waals surface area (Å²) < 4.78 is 52.4. The molecule has 1 atom stereocenters. The summed E-state index contributed by atoms with van der Waals surface area (Å²) >= 11 is 0. The van der Waals surface area contributed by atoms with Crippen molar-refractivity contribution in [2.24, 2.45) is 5.73 Å². The van der Waals surface area contributed by atoms with Gasteiger partial charge in [-0.3, -0.25) is 5.41 Å². The molecule has 8 heteroatoms. The van der Waals surface area contributed by atoms with E-state index in [2.05, 4.69) is 4.72 Å². The minimum Gasteiger partial charge on any atom is -0.386 e. The third kappa shape index (κ3) is 3.97. The molecule has 0 saturated carbocycles. The number of halogens is 2. The summed E-state index contributed by atoms with van der Waals surface area (Å²) in [5.41, 5.74) is 5.26. The molecule has 0 spiro atoms. The lowest BCUT2D eigenvalue weighted by Gasteiger charge is -2.16. The number of nitrogens with two attached hydrogens (primary N) is 1. The van der Waals surface area contributed by atoms with E-state index in [1.54, 1.807) is 6.92 Å². The van der Waals surface area contributed by atoms with Crippen LogP contribution in [0.5, 0.6) is 0 Å². The lowest BCUT2D eigenvalue weighted by Crippen LogP contribution is -2.44. The number of hydrogen-bond donors (Lipinski definition) is 3. The summed E-state index contributed by atoms with van der Waals surface area (Å²) in [4.78, 5) is -0.796. The standard InChI is InChI=1S/C11H15F2N3O2S/c1-2-3-9(11(14)15)16-19(17,18)10-6-7(12)4-5-8(10)13/h4-6,9,16H,2-3H2,1H3,(H3,14,15). The molecule has 19 heavy (non-hydrogen) atoms. The summed E-state index contributed by atoms with van der Waals surface area (Å²) in [6.45, 7) is 1.78. The Morgan fingerprint density at radius 1 is 1.47 bits per heavy atom. The topological polar surface area (TPSA) is 96.0 Å². The molecule has 4 N–H and O–H groups in total. The van der Waals surface area contributed by atoms with Crippen molar-refractivity contribution in [2.45, 2.75) is 30.7 Å². The third-order valence-corrected chi connectivity index (χ3v) is 3.92. The van der Waals surface area contributed by atoms with Crippen molar-refractivity contribution in [3.63, 3.8) is 0 Å². The van der Waals surface area contributed by atoms with Gasteiger partial charge in [0.25, 0.3) is 0 Å². The first kappa shape index (κ1) is 15.5. The molecule has 1 rings (SSSR count). The fourth-order valence-electron chi connectivity index (χ4n) is 1.50. The molecule has 0 amide bonds. The lowest BCUT2D eigenvalue weighted by molar-refractivity contribution is 0.538. The van der Waals surface area contributed by atoms with Gasteiger partial charge in [0.1, 0.15) is 22.4 Å². The molecule has 1 unspecified atom stereocenters. The van der Waals surface area contributed by atoms with E-state index in [4.69, 9.17) is 11.1 Å². The van der Waals surface area contributed by atoms with Crippen LogP contribution in [0.1, 0.15) is 19.8 Å². The zero-order valence-electron chi connectivity index (χ0n) is 10.3. The lowest BCUT2D eigenvalue weighted by atomic mass is 10.2. The van der Waals surface area contributed by atoms with Gasteiger partial charge in [0, 0.05) is 0 Å². The highest BCUT2D eigenvalue weighted by molar-refractivity contribution is 7.89. The van der Waals surface area contributed by atoms with Gasteiger partial charge >= 0.3 is 0 Å². The highest BCUT2D eigenvalue weighted by atomic mass is 32.2. The minimum absolute atomic E-state index is 0.297. The van der Waals surface area contributed by atoms with Gasteiger partial charge in [-0.2, -0.15) is 0 Å². The van der Waals surface area contributed by atoms with Crippen molar-refractivity contribution >= 4 is 15.9 Å². The predicted octanol–water partition coefficient (Wildman–Crippen LogP) is 1.35. The molecule has 0 aliphatic heterocycles. The van der Waals surface area contributed by atoms with Crippen LogP contribution >= 0.6 is 0 Å². The third-order valence-electron chi connectivity index (χ3n) is 2.43. The summed E-state index contributed by atoms with van der Waals surface area (Å²) in [5.74, 6) is -2.30. The summed E-state index contributed by atoms with van der Waals surface area (Å²) in [6.07, 6.45) is 0.879. The molecule has 0 saturated heterocycles. The molecule has 1 aromatic carbocycles. The maximum atomic E-state index is 13.4. The number of amidine groups is 1. The number of benzene rings is 1. The van der Waals surface area contributed by atoms with Gasteiger partial charge in [-0.05, 0) is 24.6 Å². The van der Waals surface area contributed by atoms with Crippen LogP contribution in [0.25, 0.3) is 0 Å². The first-order valence-corrected chi connectivity index (χ1v) is 7.07. The first-order chi connectivity index (χ1) is 8.77. The van der Waals surface area contributed by atoms with Gasteiger partial charge < -0.3 is 5.73 Å². The number of hydrogen-bond acceptors (Lipinski definition) is 3. The highest BCUT2D eigenvalue weighted by Gasteiger charge is 2.24. The van der Waals surface area contributed by atoms with Gasteiger partial charge in [-0.1, -0.05) is 13.3 Å². The molecule has 0 radical (unpaired) electrons. The van der Waals surface area contributed by atoms with Crippen molar-refractivity contribution in [2.75, 3.05) is 0 Å². The second kappa shape index (κ2) is 6.07. The normalized spacial score (nSPS) is 13.2. The molecule has 0 bridgehead atoms. The van der Waals surface area contributed by atoms with Crippen molar-refractivity contribution in [3.8, 4) is 0 Å². The fourth-order valence-corrected chi connectivity index (χ4v) is 2.84. The van der Waals surface area contributed by atoms with Gasteiger partial charge in [-0.15, -0.1) is 0 Å². The molecule has 0 aliphatic rings. The van der Waals surface area contributed by atoms with Crippen molar-refractivity contribution in [3.05, 3.63) is 29.8 Å². The van der Waals surface area contributed by atoms with Gasteiger partial charge in [0.15, 0.2) is 0 Å². The fraction of sp³-hybridized carbons (Fsp3) is 0.364. The van der Waals surface area contributed by atoms with Crippen LogP contribution in [0.15, 0.2) is 23.1 Å². The Morgan fingerprint density at radius 2 is 2.11 bits per heavy atom. The van der Waals surface area contributed by atoms with Crippen molar-refractivity contribution < 1.29 is 17.2 Å². The van der Waals surface area contributed by atoms with Crippen molar-refractivity contribution in [1.82, 2.24) is 4.72 Å². The van der Waals surface area contributed by atoms with E-state index in [0.29, 0.717) is 18.9 Å². The molecule has 0 aliphatic carbocycles. The van der Waals surface area contributed by atoms with Crippen LogP contribution in [0.3, 0.4) is 0 Å². The van der Waals surface area contributed by atoms with Crippen LogP contribution in [-0.2, 0) is 10.0 Å². The zero-order valence-corrected chi connectivity index (χ0v) is 11.1. The van der Waals surface area contributed by atoms with E-state index in [1.165, 1.54) is 0 Å². The second-order valence-electron chi connectivity index (χ2n) is 3.99. The molecular formula is C11H15F2N3O2S. The molecule has 1 aromatic rings. The van der Waals surface area contributed by atoms with Crippen LogP contribution in [0.2, 0.25) is 0 Å². The Morgan fingerprint density at radius 3 is 2.63 bits per heavy atom. The quantitative estimate of drug-likeness (QED) is 0.545. The van der Waals surface area contributed by atoms with E-state index in [-0.39, 0.29) is 5.84 Å². The van der Waals surface area contributed by atoms with E-state index >= 15 is 0 Å². The Kier molecular flexibility index (Phi) is 4.96. The predicted molar refractivity (Wildman–Crippen MR) is 67.3 cm³/mol. The van der Waals surface area contributed by atoms with Gasteiger partial charge in [0.05, 0.1) is 6.04 Å². The molecule has 106 valence electrons. The van der Waals surface area contributed by atoms with Crippen LogP contribution in [-0.4, -0.2) is 20.3 Å². The molecular weight excluding hydrogens is 276 g/mol. The molecule has 5 nitrogen and oxygen atoms in total. The second-order valence-corrected chi connectivity index (χ2v) is 5.68. The smallest absolute Gasteiger partial charge is 0.244 e. The minimum atomic E-state index is -4.27. The average molecular weight is 291 g/mol. The zero-order chi connectivity index (χ0) is 14.6. The van der Waals surface area contributed by atoms with Gasteiger partial charge in [-0.25, -0.2) is 21.9 Å². The number of sulfonamides is 1. The number of rotatable bonds is 6. The van der Waals surface area contributed by atoms with Crippen LogP contribution in [0, 0.1) is 17.0 Å². The average Bonchev–Trinajstić information content (AvgIpc) is 2.31. The maximum Gasteiger partial charge on any atom is 0.244 e. The SMILES string of the molecule is CCCC(NS(=O)(=O)c1cc(F)ccc1F)C(=N)N.